The van der Waals surface area contributed by atoms with Crippen LogP contribution < -0.4 is 0 Å². The lowest BCUT2D eigenvalue weighted by Gasteiger charge is -2.12. The Morgan fingerprint density at radius 3 is 2.94 bits per heavy atom. The number of hydroxylamine groups is 2. The fraction of sp³-hybridized carbons (Fsp3) is 0.333. The second-order valence-electron chi connectivity index (χ2n) is 3.77. The molecule has 0 aliphatic carbocycles. The van der Waals surface area contributed by atoms with Crippen LogP contribution >= 0.6 is 0 Å². The molecule has 1 aromatic heterocycles. The lowest BCUT2D eigenvalue weighted by atomic mass is 10.3. The summed E-state index contributed by atoms with van der Waals surface area (Å²) in [6, 6.07) is 7.80. The number of nitrogens with zero attached hydrogens (tertiary/aromatic N) is 2. The smallest absolute Gasteiger partial charge is 0.246 e. The van der Waals surface area contributed by atoms with Crippen molar-refractivity contribution >= 4 is 16.9 Å². The summed E-state index contributed by atoms with van der Waals surface area (Å²) in [4.78, 5) is 23.9. The number of aromatic nitrogens is 2. The molecule has 0 fully saturated rings. The largest absolute Gasteiger partial charge is 0.342 e. The standard InChI is InChI=1S/C12H15N3O2/c1-15(17-2)12(16)8-7-11-13-9-5-3-4-6-10(9)14-11/h3-6H,7-8H2,1-2H3,(H,13,14). The van der Waals surface area contributed by atoms with Crippen molar-refractivity contribution in [1.82, 2.24) is 15.0 Å². The molecule has 0 aliphatic heterocycles. The minimum atomic E-state index is -0.0621. The Morgan fingerprint density at radius 2 is 2.24 bits per heavy atom. The average molecular weight is 233 g/mol. The second-order valence-corrected chi connectivity index (χ2v) is 3.77. The highest BCUT2D eigenvalue weighted by Gasteiger charge is 2.09. The molecule has 0 unspecified atom stereocenters. The van der Waals surface area contributed by atoms with Crippen molar-refractivity contribution in [3.63, 3.8) is 0 Å². The van der Waals surface area contributed by atoms with E-state index in [2.05, 4.69) is 9.97 Å². The quantitative estimate of drug-likeness (QED) is 0.814. The van der Waals surface area contributed by atoms with Gasteiger partial charge in [0.05, 0.1) is 18.1 Å². The summed E-state index contributed by atoms with van der Waals surface area (Å²) in [5.74, 6) is 0.761. The molecule has 2 aromatic rings. The molecule has 1 heterocycles. The zero-order chi connectivity index (χ0) is 12.3. The van der Waals surface area contributed by atoms with E-state index in [4.69, 9.17) is 4.84 Å². The van der Waals surface area contributed by atoms with E-state index in [0.717, 1.165) is 16.9 Å². The van der Waals surface area contributed by atoms with Gasteiger partial charge in [-0.25, -0.2) is 10.0 Å². The molecule has 1 aromatic carbocycles. The molecule has 0 radical (unpaired) electrons. The summed E-state index contributed by atoms with van der Waals surface area (Å²) < 4.78 is 0. The molecular weight excluding hydrogens is 218 g/mol. The lowest BCUT2D eigenvalue weighted by molar-refractivity contribution is -0.168. The predicted molar refractivity (Wildman–Crippen MR) is 64.2 cm³/mol. The Bertz CT molecular complexity index is 488. The summed E-state index contributed by atoms with van der Waals surface area (Å²) >= 11 is 0. The van der Waals surface area contributed by atoms with Gasteiger partial charge in [-0.15, -0.1) is 0 Å². The Hall–Kier alpha value is -1.88. The summed E-state index contributed by atoms with van der Waals surface area (Å²) in [5.41, 5.74) is 1.92. The zero-order valence-corrected chi connectivity index (χ0v) is 9.93. The first-order chi connectivity index (χ1) is 8.20. The van der Waals surface area contributed by atoms with Gasteiger partial charge in [-0.05, 0) is 12.1 Å². The number of nitrogens with one attached hydrogen (secondary N) is 1. The monoisotopic (exact) mass is 233 g/mol. The van der Waals surface area contributed by atoms with Crippen molar-refractivity contribution in [3.8, 4) is 0 Å². The molecule has 1 amide bonds. The molecule has 90 valence electrons. The Labute approximate surface area is 99.4 Å². The molecule has 17 heavy (non-hydrogen) atoms. The number of hydrogen-bond donors (Lipinski definition) is 1. The molecule has 0 spiro atoms. The van der Waals surface area contributed by atoms with Crippen LogP contribution in [-0.4, -0.2) is 35.1 Å². The first-order valence-corrected chi connectivity index (χ1v) is 5.45. The first-order valence-electron chi connectivity index (χ1n) is 5.45. The Balaban J connectivity index is 2.02. The van der Waals surface area contributed by atoms with Gasteiger partial charge in [0.15, 0.2) is 0 Å². The van der Waals surface area contributed by atoms with Crippen LogP contribution in [0, 0.1) is 0 Å². The van der Waals surface area contributed by atoms with E-state index in [9.17, 15) is 4.79 Å². The normalized spacial score (nSPS) is 10.7. The number of fused-ring (bicyclic) bond motifs is 1. The SMILES string of the molecule is CON(C)C(=O)CCc1nc2ccccc2[nH]1. The van der Waals surface area contributed by atoms with Crippen molar-refractivity contribution in [2.24, 2.45) is 0 Å². The second kappa shape index (κ2) is 4.97. The highest BCUT2D eigenvalue weighted by molar-refractivity contribution is 5.76. The molecule has 0 bridgehead atoms. The highest BCUT2D eigenvalue weighted by atomic mass is 16.7. The van der Waals surface area contributed by atoms with Crippen molar-refractivity contribution < 1.29 is 9.63 Å². The van der Waals surface area contributed by atoms with Gasteiger partial charge >= 0.3 is 0 Å². The average Bonchev–Trinajstić information content (AvgIpc) is 2.77. The van der Waals surface area contributed by atoms with E-state index < -0.39 is 0 Å². The van der Waals surface area contributed by atoms with Crippen LogP contribution in [-0.2, 0) is 16.1 Å². The number of aromatic amines is 1. The first kappa shape index (κ1) is 11.6. The van der Waals surface area contributed by atoms with Crippen molar-refractivity contribution in [1.29, 1.82) is 0 Å². The van der Waals surface area contributed by atoms with Gasteiger partial charge in [0, 0.05) is 19.9 Å². The van der Waals surface area contributed by atoms with Gasteiger partial charge < -0.3 is 4.98 Å². The highest BCUT2D eigenvalue weighted by Crippen LogP contribution is 2.11. The van der Waals surface area contributed by atoms with Gasteiger partial charge in [-0.3, -0.25) is 9.63 Å². The molecule has 0 aliphatic rings. The van der Waals surface area contributed by atoms with Crippen LogP contribution in [0.3, 0.4) is 0 Å². The fourth-order valence-electron chi connectivity index (χ4n) is 1.61. The van der Waals surface area contributed by atoms with Crippen LogP contribution in [0.2, 0.25) is 0 Å². The summed E-state index contributed by atoms with van der Waals surface area (Å²) in [7, 11) is 3.07. The number of amides is 1. The molecule has 2 rings (SSSR count). The third-order valence-electron chi connectivity index (χ3n) is 2.64. The topological polar surface area (TPSA) is 58.2 Å². The predicted octanol–water partition coefficient (Wildman–Crippen LogP) is 1.52. The Morgan fingerprint density at radius 1 is 1.47 bits per heavy atom. The minimum Gasteiger partial charge on any atom is -0.342 e. The number of benzene rings is 1. The fourth-order valence-corrected chi connectivity index (χ4v) is 1.61. The number of hydrogen-bond acceptors (Lipinski definition) is 3. The number of rotatable bonds is 4. The summed E-state index contributed by atoms with van der Waals surface area (Å²) in [6.45, 7) is 0. The number of para-hydroxylation sites is 2. The number of carbonyl (C=O) groups excluding carboxylic acids is 1. The van der Waals surface area contributed by atoms with Gasteiger partial charge in [-0.2, -0.15) is 0 Å². The summed E-state index contributed by atoms with van der Waals surface area (Å²) in [6.07, 6.45) is 0.964. The molecule has 5 nitrogen and oxygen atoms in total. The van der Waals surface area contributed by atoms with E-state index in [1.54, 1.807) is 7.05 Å². The van der Waals surface area contributed by atoms with Crippen LogP contribution in [0.5, 0.6) is 0 Å². The third-order valence-corrected chi connectivity index (χ3v) is 2.64. The van der Waals surface area contributed by atoms with E-state index in [0.29, 0.717) is 12.8 Å². The van der Waals surface area contributed by atoms with E-state index in [-0.39, 0.29) is 5.91 Å². The zero-order valence-electron chi connectivity index (χ0n) is 9.93. The lowest BCUT2D eigenvalue weighted by Crippen LogP contribution is -2.25. The van der Waals surface area contributed by atoms with Gasteiger partial charge in [-0.1, -0.05) is 12.1 Å². The number of imidazole rings is 1. The molecule has 0 saturated carbocycles. The van der Waals surface area contributed by atoms with Crippen LogP contribution in [0.15, 0.2) is 24.3 Å². The third kappa shape index (κ3) is 2.62. The minimum absolute atomic E-state index is 0.0621. The van der Waals surface area contributed by atoms with Crippen LogP contribution in [0.25, 0.3) is 11.0 Å². The van der Waals surface area contributed by atoms with E-state index in [1.807, 2.05) is 24.3 Å². The van der Waals surface area contributed by atoms with Gasteiger partial charge in [0.2, 0.25) is 5.91 Å². The molecule has 1 N–H and O–H groups in total. The molecule has 5 heteroatoms. The number of H-pyrrole nitrogens is 1. The van der Waals surface area contributed by atoms with E-state index >= 15 is 0 Å². The summed E-state index contributed by atoms with van der Waals surface area (Å²) in [5, 5.41) is 1.22. The molecule has 0 saturated heterocycles. The molecular formula is C12H15N3O2. The van der Waals surface area contributed by atoms with Gasteiger partial charge in [0.1, 0.15) is 5.82 Å². The maximum atomic E-state index is 11.5. The number of carbonyl (C=O) groups is 1. The van der Waals surface area contributed by atoms with Crippen molar-refractivity contribution in [3.05, 3.63) is 30.1 Å². The van der Waals surface area contributed by atoms with Crippen molar-refractivity contribution in [2.75, 3.05) is 14.2 Å². The maximum Gasteiger partial charge on any atom is 0.246 e. The Kier molecular flexibility index (Phi) is 3.39. The molecule has 0 atom stereocenters. The van der Waals surface area contributed by atoms with Crippen LogP contribution in [0.1, 0.15) is 12.2 Å². The maximum absolute atomic E-state index is 11.5. The van der Waals surface area contributed by atoms with Gasteiger partial charge in [0.25, 0.3) is 0 Å². The number of aryl methyl sites for hydroxylation is 1. The van der Waals surface area contributed by atoms with E-state index in [1.165, 1.54) is 12.2 Å². The van der Waals surface area contributed by atoms with Crippen LogP contribution in [0.4, 0.5) is 0 Å². The van der Waals surface area contributed by atoms with Crippen molar-refractivity contribution in [2.45, 2.75) is 12.8 Å².